The van der Waals surface area contributed by atoms with Crippen LogP contribution in [0.5, 0.6) is 0 Å². The molecule has 2 aliphatic rings. The third-order valence-corrected chi connectivity index (χ3v) is 4.61. The number of hydrogen-bond acceptors (Lipinski definition) is 3. The Hall–Kier alpha value is -0.480. The fourth-order valence-corrected chi connectivity index (χ4v) is 3.54. The van der Waals surface area contributed by atoms with Gasteiger partial charge in [-0.15, -0.1) is 11.8 Å². The highest BCUT2D eigenvalue weighted by Crippen LogP contribution is 2.52. The molecule has 0 unspecified atom stereocenters. The molecule has 0 radical (unpaired) electrons. The minimum absolute atomic E-state index is 0.00295. The molecule has 0 aromatic heterocycles. The van der Waals surface area contributed by atoms with Crippen LogP contribution in [0.4, 0.5) is 0 Å². The first kappa shape index (κ1) is 11.0. The van der Waals surface area contributed by atoms with Gasteiger partial charge in [0.15, 0.2) is 0 Å². The summed E-state index contributed by atoms with van der Waals surface area (Å²) in [7, 11) is 0. The van der Waals surface area contributed by atoms with Crippen LogP contribution in [0, 0.1) is 0 Å². The Kier molecular flexibility index (Phi) is 2.59. The van der Waals surface area contributed by atoms with Gasteiger partial charge in [0.2, 0.25) is 5.91 Å². The molecule has 3 nitrogen and oxygen atoms in total. The topological polar surface area (TPSA) is 32.3 Å². The molecule has 0 aliphatic carbocycles. The number of rotatable bonds is 3. The van der Waals surface area contributed by atoms with Gasteiger partial charge in [-0.25, -0.2) is 0 Å². The molecule has 2 heterocycles. The van der Waals surface area contributed by atoms with Crippen molar-refractivity contribution < 1.29 is 4.79 Å². The molecule has 0 spiro atoms. The Morgan fingerprint density at radius 2 is 2.27 bits per heavy atom. The zero-order valence-electron chi connectivity index (χ0n) is 9.54. The highest BCUT2D eigenvalue weighted by molar-refractivity contribution is 8.01. The predicted molar refractivity (Wildman–Crippen MR) is 63.5 cm³/mol. The lowest BCUT2D eigenvalue weighted by molar-refractivity contribution is -0.142. The minimum atomic E-state index is 0.00295. The lowest BCUT2D eigenvalue weighted by Gasteiger charge is -2.42. The average molecular weight is 226 g/mol. The molecule has 0 bridgehead atoms. The molecule has 4 heteroatoms. The summed E-state index contributed by atoms with van der Waals surface area (Å²) in [6.07, 6.45) is 1.06. The monoisotopic (exact) mass is 226 g/mol. The highest BCUT2D eigenvalue weighted by Gasteiger charge is 2.57. The number of fused-ring (bicyclic) bond motifs is 1. The molecule has 2 fully saturated rings. The molecule has 2 aliphatic heterocycles. The van der Waals surface area contributed by atoms with Gasteiger partial charge >= 0.3 is 0 Å². The van der Waals surface area contributed by atoms with E-state index in [4.69, 9.17) is 0 Å². The number of nitrogens with zero attached hydrogens (tertiary/aromatic N) is 1. The molecule has 0 aromatic rings. The van der Waals surface area contributed by atoms with Crippen molar-refractivity contribution in [2.24, 2.45) is 0 Å². The van der Waals surface area contributed by atoms with E-state index in [1.54, 1.807) is 0 Å². The van der Waals surface area contributed by atoms with Crippen LogP contribution in [0.3, 0.4) is 0 Å². The third kappa shape index (κ3) is 1.51. The van der Waals surface area contributed by atoms with Crippen molar-refractivity contribution >= 4 is 17.7 Å². The Labute approximate surface area is 95.3 Å². The summed E-state index contributed by atoms with van der Waals surface area (Å²) in [5.41, 5.74) is 0.956. The summed E-state index contributed by atoms with van der Waals surface area (Å²) in [6.45, 7) is 11.3. The van der Waals surface area contributed by atoms with Crippen molar-refractivity contribution in [2.45, 2.75) is 43.4 Å². The van der Waals surface area contributed by atoms with Gasteiger partial charge < -0.3 is 5.32 Å². The van der Waals surface area contributed by atoms with Crippen LogP contribution in [-0.4, -0.2) is 33.5 Å². The number of β-lactam (4-membered cyclic amide) rings is 1. The molecule has 84 valence electrons. The van der Waals surface area contributed by atoms with E-state index in [1.807, 2.05) is 16.7 Å². The number of amides is 1. The van der Waals surface area contributed by atoms with E-state index in [2.05, 4.69) is 32.7 Å². The molecule has 15 heavy (non-hydrogen) atoms. The predicted octanol–water partition coefficient (Wildman–Crippen LogP) is 1.56. The van der Waals surface area contributed by atoms with Gasteiger partial charge in [0, 0.05) is 5.70 Å². The van der Waals surface area contributed by atoms with Gasteiger partial charge in [-0.1, -0.05) is 13.5 Å². The number of hydrogen-bond donors (Lipinski definition) is 1. The summed E-state index contributed by atoms with van der Waals surface area (Å²) in [4.78, 5) is 13.7. The van der Waals surface area contributed by atoms with E-state index in [0.29, 0.717) is 0 Å². The second-order valence-electron chi connectivity index (χ2n) is 4.61. The molecule has 2 rings (SSSR count). The number of carbonyl (C=O) groups excluding carboxylic acids is 1. The zero-order chi connectivity index (χ0) is 11.2. The Morgan fingerprint density at radius 3 is 2.87 bits per heavy atom. The van der Waals surface area contributed by atoms with Gasteiger partial charge in [-0.3, -0.25) is 9.69 Å². The second kappa shape index (κ2) is 3.52. The van der Waals surface area contributed by atoms with E-state index < -0.39 is 0 Å². The number of thioether (sulfide) groups is 1. The van der Waals surface area contributed by atoms with Gasteiger partial charge in [0.05, 0.1) is 4.75 Å². The van der Waals surface area contributed by atoms with E-state index in [1.165, 1.54) is 0 Å². The Balaban J connectivity index is 2.06. The maximum atomic E-state index is 11.8. The molecule has 1 N–H and O–H groups in total. The van der Waals surface area contributed by atoms with Crippen molar-refractivity contribution in [2.75, 3.05) is 6.54 Å². The van der Waals surface area contributed by atoms with Gasteiger partial charge in [-0.05, 0) is 26.8 Å². The van der Waals surface area contributed by atoms with Gasteiger partial charge in [0.1, 0.15) is 11.4 Å². The van der Waals surface area contributed by atoms with Crippen molar-refractivity contribution in [3.8, 4) is 0 Å². The fraction of sp³-hybridized carbons (Fsp3) is 0.727. The van der Waals surface area contributed by atoms with Crippen molar-refractivity contribution in [3.63, 3.8) is 0 Å². The number of nitrogens with one attached hydrogen (secondary N) is 1. The normalized spacial score (nSPS) is 32.9. The van der Waals surface area contributed by atoms with Crippen LogP contribution < -0.4 is 5.32 Å². The maximum Gasteiger partial charge on any atom is 0.247 e. The minimum Gasteiger partial charge on any atom is -0.303 e. The van der Waals surface area contributed by atoms with Crippen LogP contribution in [0.25, 0.3) is 0 Å². The van der Waals surface area contributed by atoms with Crippen LogP contribution >= 0.6 is 11.8 Å². The first-order valence-corrected chi connectivity index (χ1v) is 6.30. The van der Waals surface area contributed by atoms with Crippen LogP contribution in [0.15, 0.2) is 12.3 Å². The first-order chi connectivity index (χ1) is 6.99. The Bertz CT molecular complexity index is 314. The van der Waals surface area contributed by atoms with Crippen LogP contribution in [0.1, 0.15) is 27.2 Å². The quantitative estimate of drug-likeness (QED) is 0.741. The summed E-state index contributed by atoms with van der Waals surface area (Å²) >= 11 is 1.83. The molecule has 2 atom stereocenters. The molecule has 2 saturated heterocycles. The summed E-state index contributed by atoms with van der Waals surface area (Å²) in [6, 6.07) is 0.00785. The number of carbonyl (C=O) groups is 1. The lowest BCUT2D eigenvalue weighted by atomic mass is 10.0. The van der Waals surface area contributed by atoms with Gasteiger partial charge in [-0.2, -0.15) is 0 Å². The van der Waals surface area contributed by atoms with Crippen LogP contribution in [0.2, 0.25) is 0 Å². The molecular formula is C11H18N2OS. The summed E-state index contributed by atoms with van der Waals surface area (Å²) in [5, 5.41) is 3.57. The molecule has 1 amide bonds. The van der Waals surface area contributed by atoms with E-state index in [0.717, 1.165) is 18.7 Å². The van der Waals surface area contributed by atoms with Crippen molar-refractivity contribution in [3.05, 3.63) is 12.3 Å². The SMILES string of the molecule is C=C1N2C(=O)[C@@H](NCCC)[C@H]2SC1(C)C. The average Bonchev–Trinajstić information content (AvgIpc) is 2.36. The summed E-state index contributed by atoms with van der Waals surface area (Å²) in [5.74, 6) is 0.191. The maximum absolute atomic E-state index is 11.8. The summed E-state index contributed by atoms with van der Waals surface area (Å²) < 4.78 is 0.00295. The molecule has 0 aromatic carbocycles. The smallest absolute Gasteiger partial charge is 0.247 e. The van der Waals surface area contributed by atoms with E-state index in [9.17, 15) is 4.79 Å². The largest absolute Gasteiger partial charge is 0.303 e. The molecule has 0 saturated carbocycles. The first-order valence-electron chi connectivity index (χ1n) is 5.42. The lowest BCUT2D eigenvalue weighted by Crippen LogP contribution is -2.65. The fourth-order valence-electron chi connectivity index (χ4n) is 2.02. The van der Waals surface area contributed by atoms with E-state index in [-0.39, 0.29) is 22.1 Å². The highest BCUT2D eigenvalue weighted by atomic mass is 32.2. The van der Waals surface area contributed by atoms with Gasteiger partial charge in [0.25, 0.3) is 0 Å². The second-order valence-corrected chi connectivity index (χ2v) is 6.34. The van der Waals surface area contributed by atoms with Crippen molar-refractivity contribution in [1.29, 1.82) is 0 Å². The standard InChI is InChI=1S/C11H18N2OS/c1-5-6-12-8-9(14)13-7(2)11(3,4)15-10(8)13/h8,10,12H,2,5-6H2,1,3-4H3/t8-,10-/m1/s1. The third-order valence-electron chi connectivity index (χ3n) is 3.06. The Morgan fingerprint density at radius 1 is 1.60 bits per heavy atom. The zero-order valence-corrected chi connectivity index (χ0v) is 10.4. The van der Waals surface area contributed by atoms with Crippen molar-refractivity contribution in [1.82, 2.24) is 10.2 Å². The van der Waals surface area contributed by atoms with E-state index >= 15 is 0 Å². The van der Waals surface area contributed by atoms with Crippen LogP contribution in [-0.2, 0) is 4.79 Å². The molecular weight excluding hydrogens is 208 g/mol.